The van der Waals surface area contributed by atoms with E-state index in [0.29, 0.717) is 13.2 Å². The summed E-state index contributed by atoms with van der Waals surface area (Å²) in [4.78, 5) is 4.23. The van der Waals surface area contributed by atoms with Gasteiger partial charge in [-0.3, -0.25) is 10.3 Å². The van der Waals surface area contributed by atoms with Crippen molar-refractivity contribution in [3.05, 3.63) is 59.9 Å². The summed E-state index contributed by atoms with van der Waals surface area (Å²) in [6, 6.07) is 15.2. The maximum absolute atomic E-state index is 9.27. The summed E-state index contributed by atoms with van der Waals surface area (Å²) >= 11 is 0. The van der Waals surface area contributed by atoms with Crippen LogP contribution in [0.2, 0.25) is 0 Å². The maximum Gasteiger partial charge on any atom is 0.121 e. The highest BCUT2D eigenvalue weighted by Crippen LogP contribution is 2.17. The lowest BCUT2D eigenvalue weighted by molar-refractivity contribution is 0.340. The van der Waals surface area contributed by atoms with Gasteiger partial charge in [0.05, 0.1) is 18.4 Å². The third-order valence-electron chi connectivity index (χ3n) is 2.87. The van der Waals surface area contributed by atoms with Crippen molar-refractivity contribution in [3.8, 4) is 11.8 Å². The summed E-state index contributed by atoms with van der Waals surface area (Å²) in [6.45, 7) is 3.14. The summed E-state index contributed by atoms with van der Waals surface area (Å²) in [6.07, 6.45) is 1.75. The van der Waals surface area contributed by atoms with Gasteiger partial charge in [0, 0.05) is 12.7 Å². The Morgan fingerprint density at radius 3 is 2.65 bits per heavy atom. The topological polar surface area (TPSA) is 57.9 Å². The lowest BCUT2D eigenvalue weighted by atomic mass is 10.1. The normalized spacial score (nSPS) is 11.6. The van der Waals surface area contributed by atoms with E-state index in [2.05, 4.69) is 16.4 Å². The molecule has 0 radical (unpaired) electrons. The number of hydrogen-bond donors (Lipinski definition) is 1. The summed E-state index contributed by atoms with van der Waals surface area (Å²) in [7, 11) is 0. The lowest BCUT2D eigenvalue weighted by Gasteiger charge is -2.12. The molecule has 2 aromatic rings. The third-order valence-corrected chi connectivity index (χ3v) is 2.87. The molecule has 0 aliphatic heterocycles. The molecule has 4 heteroatoms. The van der Waals surface area contributed by atoms with Gasteiger partial charge >= 0.3 is 0 Å². The highest BCUT2D eigenvalue weighted by molar-refractivity contribution is 5.31. The second kappa shape index (κ2) is 7.27. The molecule has 0 aliphatic carbocycles. The predicted molar refractivity (Wildman–Crippen MR) is 77.0 cm³/mol. The van der Waals surface area contributed by atoms with Crippen LogP contribution in [0.25, 0.3) is 0 Å². The molecule has 0 spiro atoms. The number of pyridine rings is 1. The summed E-state index contributed by atoms with van der Waals surface area (Å²) < 4.78 is 5.39. The molecule has 0 bridgehead atoms. The number of nitriles is 1. The number of nitrogens with zero attached hydrogens (tertiary/aromatic N) is 2. The van der Waals surface area contributed by atoms with Gasteiger partial charge in [0.25, 0.3) is 0 Å². The number of ether oxygens (including phenoxy) is 1. The first-order valence-corrected chi connectivity index (χ1v) is 6.59. The Kier molecular flexibility index (Phi) is 5.10. The van der Waals surface area contributed by atoms with Crippen LogP contribution in [0.15, 0.2) is 48.7 Å². The van der Waals surface area contributed by atoms with Crippen molar-refractivity contribution >= 4 is 0 Å². The van der Waals surface area contributed by atoms with Crippen LogP contribution in [0.1, 0.15) is 24.2 Å². The van der Waals surface area contributed by atoms with Crippen LogP contribution in [0, 0.1) is 11.3 Å². The summed E-state index contributed by atoms with van der Waals surface area (Å²) in [5.41, 5.74) is 1.84. The molecule has 0 amide bonds. The van der Waals surface area contributed by atoms with Crippen LogP contribution in [0.3, 0.4) is 0 Å². The first-order valence-electron chi connectivity index (χ1n) is 6.59. The molecule has 0 fully saturated rings. The highest BCUT2D eigenvalue weighted by atomic mass is 16.5. The van der Waals surface area contributed by atoms with Crippen LogP contribution in [0.5, 0.6) is 5.75 Å². The smallest absolute Gasteiger partial charge is 0.121 e. The number of nitrogens with one attached hydrogen (secondary N) is 1. The van der Waals surface area contributed by atoms with Crippen molar-refractivity contribution in [2.75, 3.05) is 6.61 Å². The SMILES string of the molecule is CCOc1ccc(C(C#N)NCc2ccccn2)cc1. The number of hydrogen-bond acceptors (Lipinski definition) is 4. The average Bonchev–Trinajstić information content (AvgIpc) is 2.51. The van der Waals surface area contributed by atoms with Crippen molar-refractivity contribution in [2.45, 2.75) is 19.5 Å². The van der Waals surface area contributed by atoms with Crippen molar-refractivity contribution in [3.63, 3.8) is 0 Å². The van der Waals surface area contributed by atoms with E-state index in [1.54, 1.807) is 6.20 Å². The minimum Gasteiger partial charge on any atom is -0.494 e. The van der Waals surface area contributed by atoms with Gasteiger partial charge in [-0.05, 0) is 36.8 Å². The Morgan fingerprint density at radius 1 is 1.25 bits per heavy atom. The molecule has 20 heavy (non-hydrogen) atoms. The van der Waals surface area contributed by atoms with Gasteiger partial charge < -0.3 is 4.74 Å². The zero-order chi connectivity index (χ0) is 14.2. The van der Waals surface area contributed by atoms with E-state index in [0.717, 1.165) is 17.0 Å². The van der Waals surface area contributed by atoms with Gasteiger partial charge in [0.15, 0.2) is 0 Å². The van der Waals surface area contributed by atoms with E-state index in [-0.39, 0.29) is 6.04 Å². The highest BCUT2D eigenvalue weighted by Gasteiger charge is 2.10. The zero-order valence-electron chi connectivity index (χ0n) is 11.4. The molecule has 0 saturated carbocycles. The van der Waals surface area contributed by atoms with E-state index in [9.17, 15) is 5.26 Å². The molecule has 1 N–H and O–H groups in total. The number of rotatable bonds is 6. The minimum atomic E-state index is -0.354. The molecule has 1 aromatic heterocycles. The number of aromatic nitrogens is 1. The van der Waals surface area contributed by atoms with E-state index in [1.807, 2.05) is 49.4 Å². The van der Waals surface area contributed by atoms with E-state index in [4.69, 9.17) is 4.74 Å². The van der Waals surface area contributed by atoms with Crippen molar-refractivity contribution in [1.82, 2.24) is 10.3 Å². The second-order valence-corrected chi connectivity index (χ2v) is 4.27. The largest absolute Gasteiger partial charge is 0.494 e. The van der Waals surface area contributed by atoms with Crippen molar-refractivity contribution in [2.24, 2.45) is 0 Å². The Hall–Kier alpha value is -2.38. The first kappa shape index (κ1) is 14.0. The van der Waals surface area contributed by atoms with Crippen LogP contribution in [-0.2, 0) is 6.54 Å². The zero-order valence-corrected chi connectivity index (χ0v) is 11.4. The Bertz CT molecular complexity index is 561. The fourth-order valence-electron chi connectivity index (χ4n) is 1.87. The van der Waals surface area contributed by atoms with Gasteiger partial charge in [-0.15, -0.1) is 0 Å². The third kappa shape index (κ3) is 3.81. The summed E-state index contributed by atoms with van der Waals surface area (Å²) in [5, 5.41) is 12.5. The molecule has 1 heterocycles. The van der Waals surface area contributed by atoms with E-state index < -0.39 is 0 Å². The van der Waals surface area contributed by atoms with Gasteiger partial charge in [-0.1, -0.05) is 18.2 Å². The Morgan fingerprint density at radius 2 is 2.05 bits per heavy atom. The molecule has 0 saturated heterocycles. The molecule has 1 atom stereocenters. The fourth-order valence-corrected chi connectivity index (χ4v) is 1.87. The van der Waals surface area contributed by atoms with Crippen LogP contribution >= 0.6 is 0 Å². The molecule has 4 nitrogen and oxygen atoms in total. The van der Waals surface area contributed by atoms with Crippen LogP contribution < -0.4 is 10.1 Å². The predicted octanol–water partition coefficient (Wildman–Crippen LogP) is 2.83. The molecule has 0 aliphatic rings. The minimum absolute atomic E-state index is 0.354. The Balaban J connectivity index is 1.99. The average molecular weight is 267 g/mol. The van der Waals surface area contributed by atoms with Crippen molar-refractivity contribution < 1.29 is 4.74 Å². The molecule has 1 unspecified atom stereocenters. The fraction of sp³-hybridized carbons (Fsp3) is 0.250. The molecular formula is C16H17N3O. The number of benzene rings is 1. The van der Waals surface area contributed by atoms with E-state index in [1.165, 1.54) is 0 Å². The van der Waals surface area contributed by atoms with Gasteiger partial charge in [-0.2, -0.15) is 5.26 Å². The van der Waals surface area contributed by atoms with Gasteiger partial charge in [-0.25, -0.2) is 0 Å². The second-order valence-electron chi connectivity index (χ2n) is 4.27. The monoisotopic (exact) mass is 267 g/mol. The van der Waals surface area contributed by atoms with Crippen LogP contribution in [0.4, 0.5) is 0 Å². The van der Waals surface area contributed by atoms with Crippen LogP contribution in [-0.4, -0.2) is 11.6 Å². The molecule has 1 aromatic carbocycles. The summed E-state index contributed by atoms with van der Waals surface area (Å²) in [5.74, 6) is 0.817. The standard InChI is InChI=1S/C16H17N3O/c1-2-20-15-8-6-13(7-9-15)16(11-17)19-12-14-5-3-4-10-18-14/h3-10,16,19H,2,12H2,1H3. The van der Waals surface area contributed by atoms with Crippen molar-refractivity contribution in [1.29, 1.82) is 5.26 Å². The Labute approximate surface area is 119 Å². The maximum atomic E-state index is 9.27. The molecule has 2 rings (SSSR count). The molecule has 102 valence electrons. The lowest BCUT2D eigenvalue weighted by Crippen LogP contribution is -2.19. The van der Waals surface area contributed by atoms with Gasteiger partial charge in [0.1, 0.15) is 11.8 Å². The van der Waals surface area contributed by atoms with E-state index >= 15 is 0 Å². The molecular weight excluding hydrogens is 250 g/mol. The quantitative estimate of drug-likeness (QED) is 0.874. The van der Waals surface area contributed by atoms with Gasteiger partial charge in [0.2, 0.25) is 0 Å². The first-order chi connectivity index (χ1) is 9.83.